The lowest BCUT2D eigenvalue weighted by Crippen LogP contribution is -2.63. The number of Topliss-reactive ketones (excluding diaryl/α,β-unsaturated/α-hetero) is 2. The van der Waals surface area contributed by atoms with Gasteiger partial charge in [-0.05, 0) is 89.0 Å². The number of ether oxygens (including phenoxy) is 5. The van der Waals surface area contributed by atoms with Crippen LogP contribution >= 0.6 is 0 Å². The van der Waals surface area contributed by atoms with Crippen LogP contribution in [-0.4, -0.2) is 115 Å². The highest BCUT2D eigenvalue weighted by Gasteiger charge is 2.55. The van der Waals surface area contributed by atoms with Crippen molar-refractivity contribution >= 4 is 23.4 Å². The summed E-state index contributed by atoms with van der Waals surface area (Å²) in [5, 5.41) is 36.1. The molecule has 13 heteroatoms. The predicted octanol–water partition coefficient (Wildman–Crippen LogP) is 4.93. The third-order valence-corrected chi connectivity index (χ3v) is 12.2. The Morgan fingerprint density at radius 2 is 1.60 bits per heavy atom. The lowest BCUT2D eigenvalue weighted by molar-refractivity contribution is -0.302. The molecule has 3 rings (SSSR count). The number of methoxy groups -OCH3 is 3. The zero-order valence-electron chi connectivity index (χ0n) is 35.6. The van der Waals surface area contributed by atoms with E-state index in [2.05, 4.69) is 11.9 Å². The number of nitrogens with one attached hydrogen (secondary N) is 1. The molecular formula is C44H71NO12. The van der Waals surface area contributed by atoms with Crippen LogP contribution in [0.2, 0.25) is 0 Å². The summed E-state index contributed by atoms with van der Waals surface area (Å²) in [5.74, 6) is -6.86. The highest BCUT2D eigenvalue weighted by Crippen LogP contribution is 2.38. The summed E-state index contributed by atoms with van der Waals surface area (Å²) < 4.78 is 29.3. The normalized spacial score (nSPS) is 38.2. The van der Waals surface area contributed by atoms with E-state index in [4.69, 9.17) is 23.7 Å². The fraction of sp³-hybridized carbons (Fsp3) is 0.773. The van der Waals surface area contributed by atoms with Crippen LogP contribution in [0.3, 0.4) is 0 Å². The summed E-state index contributed by atoms with van der Waals surface area (Å²) in [7, 11) is 4.64. The number of hydrogen-bond acceptors (Lipinski definition) is 12. The van der Waals surface area contributed by atoms with Gasteiger partial charge < -0.3 is 44.3 Å². The number of amides is 1. The smallest absolute Gasteiger partial charge is 0.306 e. The molecule has 13 atom stereocenters. The lowest BCUT2D eigenvalue weighted by Gasteiger charge is -2.46. The van der Waals surface area contributed by atoms with Gasteiger partial charge in [0.2, 0.25) is 5.79 Å². The topological polar surface area (TPSA) is 187 Å². The van der Waals surface area contributed by atoms with Gasteiger partial charge in [0.05, 0.1) is 30.5 Å². The van der Waals surface area contributed by atoms with Gasteiger partial charge in [0.15, 0.2) is 0 Å². The van der Waals surface area contributed by atoms with Crippen LogP contribution in [0, 0.1) is 29.6 Å². The van der Waals surface area contributed by atoms with Crippen molar-refractivity contribution in [3.63, 3.8) is 0 Å². The Kier molecular flexibility index (Phi) is 19.7. The molecule has 13 nitrogen and oxygen atoms in total. The number of carbonyl (C=O) groups is 4. The van der Waals surface area contributed by atoms with E-state index in [1.54, 1.807) is 27.0 Å². The van der Waals surface area contributed by atoms with E-state index >= 15 is 0 Å². The number of esters is 1. The monoisotopic (exact) mass is 805 g/mol. The molecule has 1 saturated heterocycles. The third-order valence-electron chi connectivity index (χ3n) is 12.2. The van der Waals surface area contributed by atoms with Crippen LogP contribution in [0.1, 0.15) is 112 Å². The van der Waals surface area contributed by atoms with Crippen molar-refractivity contribution in [2.24, 2.45) is 29.6 Å². The largest absolute Gasteiger partial charge is 0.457 e. The van der Waals surface area contributed by atoms with Crippen LogP contribution in [0.4, 0.5) is 0 Å². The molecule has 0 spiro atoms. The van der Waals surface area contributed by atoms with Crippen molar-refractivity contribution in [1.82, 2.24) is 5.32 Å². The first-order valence-corrected chi connectivity index (χ1v) is 20.8. The van der Waals surface area contributed by atoms with Gasteiger partial charge >= 0.3 is 5.97 Å². The summed E-state index contributed by atoms with van der Waals surface area (Å²) >= 11 is 0. The quantitative estimate of drug-likeness (QED) is 0.155. The minimum atomic E-state index is -2.39. The van der Waals surface area contributed by atoms with E-state index in [-0.39, 0.29) is 49.5 Å². The number of aliphatic hydroxyl groups excluding tert-OH is 2. The Hall–Kier alpha value is -2.78. The van der Waals surface area contributed by atoms with Crippen molar-refractivity contribution in [2.75, 3.05) is 27.9 Å². The highest BCUT2D eigenvalue weighted by molar-refractivity contribution is 6.38. The molecule has 3 aliphatic rings. The van der Waals surface area contributed by atoms with Gasteiger partial charge in [0.1, 0.15) is 18.0 Å². The Morgan fingerprint density at radius 3 is 2.25 bits per heavy atom. The molecule has 324 valence electrons. The summed E-state index contributed by atoms with van der Waals surface area (Å²) in [6.45, 7) is 13.3. The first-order chi connectivity index (χ1) is 27.0. The van der Waals surface area contributed by atoms with Crippen molar-refractivity contribution in [3.8, 4) is 0 Å². The fourth-order valence-corrected chi connectivity index (χ4v) is 8.73. The first-order valence-electron chi connectivity index (χ1n) is 20.8. The van der Waals surface area contributed by atoms with Crippen LogP contribution in [0.5, 0.6) is 0 Å². The standard InChI is InChI=1S/C44H71NO12/c1-10-14-32-20-26(2)19-27(3)21-37(54-8)41-38(55-9)23-29(5)44(52,57-41)42(50)43(51)45-18-13-11-12-15-39(49)56-40(30(6)34(47)25-35(32)48)28(4)22-31-16-17-33(46)36(24-31)53-7/h10,20,22,27,29-34,36-38,40-41,46-47,52H,1,11-19,21,23-25H2,2-9H3,(H,45,51). The van der Waals surface area contributed by atoms with Crippen LogP contribution in [0.15, 0.2) is 36.0 Å². The predicted molar refractivity (Wildman–Crippen MR) is 215 cm³/mol. The summed E-state index contributed by atoms with van der Waals surface area (Å²) in [5.41, 5.74) is 1.71. The molecular weight excluding hydrogens is 734 g/mol. The van der Waals surface area contributed by atoms with Gasteiger partial charge in [-0.2, -0.15) is 0 Å². The van der Waals surface area contributed by atoms with E-state index in [1.165, 1.54) is 14.2 Å². The Balaban J connectivity index is 1.92. The van der Waals surface area contributed by atoms with Gasteiger partial charge in [-0.3, -0.25) is 19.2 Å². The SMILES string of the molecule is C=CCC1C=C(C)CC(C)CC(OC)C2OC(O)(C(=O)C(=O)NCCCCCC(=O)OC(C(C)=CC3CCC(O)C(OC)C3)C(C)C(O)CC1=O)C(C)CC2OC. The highest BCUT2D eigenvalue weighted by atomic mass is 16.7. The van der Waals surface area contributed by atoms with E-state index in [1.807, 2.05) is 32.9 Å². The molecule has 2 bridgehead atoms. The summed E-state index contributed by atoms with van der Waals surface area (Å²) in [6.07, 6.45) is 5.92. The van der Waals surface area contributed by atoms with Crippen LogP contribution < -0.4 is 5.32 Å². The number of fused-ring (bicyclic) bond motifs is 2. The van der Waals surface area contributed by atoms with Gasteiger partial charge in [-0.1, -0.05) is 51.0 Å². The second-order valence-corrected chi connectivity index (χ2v) is 16.9. The third kappa shape index (κ3) is 13.6. The number of carbonyl (C=O) groups excluding carboxylic acids is 4. The van der Waals surface area contributed by atoms with Crippen LogP contribution in [-0.2, 0) is 42.9 Å². The van der Waals surface area contributed by atoms with Crippen molar-refractivity contribution < 1.29 is 58.2 Å². The number of allylic oxidation sites excluding steroid dienone is 4. The second kappa shape index (κ2) is 23.1. The molecule has 2 fully saturated rings. The molecule has 0 aromatic heterocycles. The van der Waals surface area contributed by atoms with E-state index in [0.29, 0.717) is 51.4 Å². The molecule has 1 amide bonds. The number of aliphatic hydroxyl groups is 3. The van der Waals surface area contributed by atoms with E-state index < -0.39 is 77.8 Å². The number of hydrogen-bond donors (Lipinski definition) is 4. The molecule has 1 aliphatic carbocycles. The van der Waals surface area contributed by atoms with Gasteiger partial charge in [0, 0.05) is 58.5 Å². The average molecular weight is 806 g/mol. The second-order valence-electron chi connectivity index (χ2n) is 16.9. The molecule has 13 unspecified atom stereocenters. The Labute approximate surface area is 339 Å². The maximum Gasteiger partial charge on any atom is 0.306 e. The first kappa shape index (κ1) is 48.6. The summed E-state index contributed by atoms with van der Waals surface area (Å²) in [4.78, 5) is 53.7. The Bertz CT molecular complexity index is 1410. The maximum absolute atomic E-state index is 13.8. The summed E-state index contributed by atoms with van der Waals surface area (Å²) in [6, 6.07) is 0. The minimum absolute atomic E-state index is 0.00938. The van der Waals surface area contributed by atoms with Crippen LogP contribution in [0.25, 0.3) is 0 Å². The van der Waals surface area contributed by atoms with Gasteiger partial charge in [-0.25, -0.2) is 0 Å². The Morgan fingerprint density at radius 1 is 0.930 bits per heavy atom. The molecule has 0 aromatic rings. The zero-order valence-corrected chi connectivity index (χ0v) is 35.6. The van der Waals surface area contributed by atoms with Gasteiger partial charge in [-0.15, -0.1) is 6.58 Å². The molecule has 2 heterocycles. The number of rotatable bonds is 7. The lowest BCUT2D eigenvalue weighted by atomic mass is 9.81. The average Bonchev–Trinajstić information content (AvgIpc) is 3.17. The molecule has 4 N–H and O–H groups in total. The fourth-order valence-electron chi connectivity index (χ4n) is 8.73. The molecule has 57 heavy (non-hydrogen) atoms. The van der Waals surface area contributed by atoms with Gasteiger partial charge in [0.25, 0.3) is 11.7 Å². The van der Waals surface area contributed by atoms with Crippen molar-refractivity contribution in [3.05, 3.63) is 36.0 Å². The molecule has 0 radical (unpaired) electrons. The van der Waals surface area contributed by atoms with Crippen molar-refractivity contribution in [2.45, 2.75) is 160 Å². The molecule has 0 aromatic carbocycles. The van der Waals surface area contributed by atoms with E-state index in [0.717, 1.165) is 17.6 Å². The van der Waals surface area contributed by atoms with E-state index in [9.17, 15) is 34.5 Å². The number of ketones is 2. The van der Waals surface area contributed by atoms with Crippen molar-refractivity contribution in [1.29, 1.82) is 0 Å². The molecule has 1 saturated carbocycles. The number of cyclic esters (lactones) is 1. The maximum atomic E-state index is 13.8. The molecule has 2 aliphatic heterocycles. The minimum Gasteiger partial charge on any atom is -0.457 e. The zero-order chi connectivity index (χ0) is 42.4.